The van der Waals surface area contributed by atoms with Crippen molar-refractivity contribution in [1.82, 2.24) is 14.8 Å². The average molecular weight is 231 g/mol. The van der Waals surface area contributed by atoms with Crippen LogP contribution >= 0.6 is 11.8 Å². The Labute approximate surface area is 90.7 Å². The first-order chi connectivity index (χ1) is 7.02. The van der Waals surface area contributed by atoms with Crippen molar-refractivity contribution in [1.29, 1.82) is 0 Å². The lowest BCUT2D eigenvalue weighted by Gasteiger charge is -2.07. The first-order valence-corrected chi connectivity index (χ1v) is 5.52. The molecule has 2 N–H and O–H groups in total. The second-order valence-corrected chi connectivity index (χ2v) is 4.33. The molecular formula is C8H13N3O3S. The summed E-state index contributed by atoms with van der Waals surface area (Å²) >= 11 is 1.26. The maximum Gasteiger partial charge on any atom is 0.344 e. The monoisotopic (exact) mass is 231 g/mol. The van der Waals surface area contributed by atoms with Gasteiger partial charge in [-0.05, 0) is 13.8 Å². The highest BCUT2D eigenvalue weighted by molar-refractivity contribution is 7.99. The minimum atomic E-state index is -0.850. The van der Waals surface area contributed by atoms with Crippen LogP contribution < -0.4 is 5.69 Å². The van der Waals surface area contributed by atoms with Crippen molar-refractivity contribution in [2.24, 2.45) is 0 Å². The van der Waals surface area contributed by atoms with Crippen molar-refractivity contribution in [3.63, 3.8) is 0 Å². The van der Waals surface area contributed by atoms with Gasteiger partial charge < -0.3 is 5.11 Å². The molecule has 0 bridgehead atoms. The number of nitrogens with one attached hydrogen (secondary N) is 1. The van der Waals surface area contributed by atoms with Gasteiger partial charge in [0.05, 0.1) is 6.42 Å². The van der Waals surface area contributed by atoms with Crippen LogP contribution in [0.25, 0.3) is 0 Å². The molecule has 15 heavy (non-hydrogen) atoms. The predicted molar refractivity (Wildman–Crippen MR) is 56.2 cm³/mol. The van der Waals surface area contributed by atoms with Gasteiger partial charge in [-0.15, -0.1) is 5.10 Å². The van der Waals surface area contributed by atoms with Crippen molar-refractivity contribution in [2.45, 2.75) is 31.5 Å². The van der Waals surface area contributed by atoms with Gasteiger partial charge in [0, 0.05) is 11.8 Å². The Kier molecular flexibility index (Phi) is 3.96. The van der Waals surface area contributed by atoms with Crippen LogP contribution in [0, 0.1) is 0 Å². The van der Waals surface area contributed by atoms with Gasteiger partial charge in [0.1, 0.15) is 0 Å². The molecule has 0 spiro atoms. The smallest absolute Gasteiger partial charge is 0.344 e. The van der Waals surface area contributed by atoms with Crippen LogP contribution in [0.2, 0.25) is 0 Å². The Balaban J connectivity index is 2.69. The number of aromatic amines is 1. The third-order valence-electron chi connectivity index (χ3n) is 1.74. The summed E-state index contributed by atoms with van der Waals surface area (Å²) in [7, 11) is 0. The van der Waals surface area contributed by atoms with Gasteiger partial charge in [0.25, 0.3) is 0 Å². The molecule has 0 aromatic carbocycles. The molecule has 0 amide bonds. The summed E-state index contributed by atoms with van der Waals surface area (Å²) in [6, 6.07) is 0.0172. The Morgan fingerprint density at radius 3 is 2.87 bits per heavy atom. The zero-order valence-corrected chi connectivity index (χ0v) is 9.37. The van der Waals surface area contributed by atoms with Crippen molar-refractivity contribution in [2.75, 3.05) is 5.75 Å². The van der Waals surface area contributed by atoms with E-state index in [1.54, 1.807) is 0 Å². The number of carboxylic acids is 1. The molecule has 0 aliphatic heterocycles. The summed E-state index contributed by atoms with van der Waals surface area (Å²) in [4.78, 5) is 21.6. The number of hydrogen-bond acceptors (Lipinski definition) is 4. The third kappa shape index (κ3) is 3.12. The molecule has 1 rings (SSSR count). The Hall–Kier alpha value is -1.24. The number of aromatic nitrogens is 3. The van der Waals surface area contributed by atoms with Gasteiger partial charge in [0.2, 0.25) is 0 Å². The largest absolute Gasteiger partial charge is 0.481 e. The fraction of sp³-hybridized carbons (Fsp3) is 0.625. The molecule has 0 atom stereocenters. The topological polar surface area (TPSA) is 88.0 Å². The summed E-state index contributed by atoms with van der Waals surface area (Å²) in [5, 5.41) is 15.2. The molecule has 84 valence electrons. The van der Waals surface area contributed by atoms with E-state index in [2.05, 4.69) is 10.2 Å². The zero-order chi connectivity index (χ0) is 11.4. The summed E-state index contributed by atoms with van der Waals surface area (Å²) in [6.45, 7) is 3.75. The first-order valence-electron chi connectivity index (χ1n) is 4.54. The number of carbonyl (C=O) groups is 1. The van der Waals surface area contributed by atoms with E-state index in [0.717, 1.165) is 0 Å². The lowest BCUT2D eigenvalue weighted by atomic mass is 10.4. The number of nitrogens with zero attached hydrogens (tertiary/aromatic N) is 2. The Bertz CT molecular complexity index is 396. The van der Waals surface area contributed by atoms with Crippen LogP contribution in [0.4, 0.5) is 0 Å². The molecule has 1 aromatic heterocycles. The van der Waals surface area contributed by atoms with Gasteiger partial charge in [-0.1, -0.05) is 11.8 Å². The van der Waals surface area contributed by atoms with E-state index in [1.807, 2.05) is 13.8 Å². The molecule has 0 saturated carbocycles. The molecule has 0 radical (unpaired) electrons. The van der Waals surface area contributed by atoms with Gasteiger partial charge >= 0.3 is 11.7 Å². The Morgan fingerprint density at radius 1 is 1.67 bits per heavy atom. The first kappa shape index (κ1) is 11.8. The van der Waals surface area contributed by atoms with Crippen LogP contribution in [-0.2, 0) is 4.79 Å². The number of carboxylic acid groups (broad SMARTS) is 1. The number of thioether (sulfide) groups is 1. The molecule has 0 fully saturated rings. The lowest BCUT2D eigenvalue weighted by molar-refractivity contribution is -0.136. The highest BCUT2D eigenvalue weighted by atomic mass is 32.2. The second kappa shape index (κ2) is 5.01. The number of aliphatic carboxylic acids is 1. The van der Waals surface area contributed by atoms with E-state index in [4.69, 9.17) is 5.11 Å². The van der Waals surface area contributed by atoms with E-state index >= 15 is 0 Å². The summed E-state index contributed by atoms with van der Waals surface area (Å²) in [5.41, 5.74) is -0.261. The molecule has 7 heteroatoms. The summed E-state index contributed by atoms with van der Waals surface area (Å²) in [6.07, 6.45) is 0.0593. The minimum absolute atomic E-state index is 0.0172. The molecule has 0 saturated heterocycles. The predicted octanol–water partition coefficient (Wildman–Crippen LogP) is 0.719. The molecule has 0 unspecified atom stereocenters. The lowest BCUT2D eigenvalue weighted by Crippen LogP contribution is -2.19. The van der Waals surface area contributed by atoms with E-state index < -0.39 is 5.97 Å². The second-order valence-electron chi connectivity index (χ2n) is 3.27. The highest BCUT2D eigenvalue weighted by Gasteiger charge is 2.11. The minimum Gasteiger partial charge on any atom is -0.481 e. The molecule has 0 aliphatic rings. The number of H-pyrrole nitrogens is 1. The van der Waals surface area contributed by atoms with Gasteiger partial charge in [0.15, 0.2) is 5.16 Å². The van der Waals surface area contributed by atoms with Crippen molar-refractivity contribution in [3.05, 3.63) is 10.5 Å². The quantitative estimate of drug-likeness (QED) is 0.729. The zero-order valence-electron chi connectivity index (χ0n) is 8.56. The van der Waals surface area contributed by atoms with Crippen LogP contribution in [0.15, 0.2) is 9.95 Å². The number of hydrogen-bond donors (Lipinski definition) is 2. The highest BCUT2D eigenvalue weighted by Crippen LogP contribution is 2.17. The van der Waals surface area contributed by atoms with Crippen molar-refractivity contribution >= 4 is 17.7 Å². The van der Waals surface area contributed by atoms with E-state index in [9.17, 15) is 9.59 Å². The molecule has 1 aromatic rings. The number of rotatable bonds is 5. The van der Waals surface area contributed by atoms with E-state index in [1.165, 1.54) is 16.3 Å². The summed E-state index contributed by atoms with van der Waals surface area (Å²) in [5.74, 6) is -0.441. The third-order valence-corrected chi connectivity index (χ3v) is 2.69. The molecule has 6 nitrogen and oxygen atoms in total. The van der Waals surface area contributed by atoms with Gasteiger partial charge in [-0.2, -0.15) is 0 Å². The van der Waals surface area contributed by atoms with Gasteiger partial charge in [-0.3, -0.25) is 9.36 Å². The SMILES string of the molecule is CC(C)n1c(SCCC(=O)O)n[nH]c1=O. The fourth-order valence-electron chi connectivity index (χ4n) is 1.08. The van der Waals surface area contributed by atoms with Gasteiger partial charge in [-0.25, -0.2) is 9.89 Å². The maximum atomic E-state index is 11.3. The summed E-state index contributed by atoms with van der Waals surface area (Å²) < 4.78 is 1.51. The maximum absolute atomic E-state index is 11.3. The fourth-order valence-corrected chi connectivity index (χ4v) is 2.08. The van der Waals surface area contributed by atoms with Crippen LogP contribution in [0.3, 0.4) is 0 Å². The van der Waals surface area contributed by atoms with Crippen LogP contribution in [0.5, 0.6) is 0 Å². The normalized spacial score (nSPS) is 10.9. The van der Waals surface area contributed by atoms with Crippen LogP contribution in [0.1, 0.15) is 26.3 Å². The van der Waals surface area contributed by atoms with E-state index in [0.29, 0.717) is 10.9 Å². The molecule has 0 aliphatic carbocycles. The van der Waals surface area contributed by atoms with Crippen LogP contribution in [-0.4, -0.2) is 31.6 Å². The standard InChI is InChI=1S/C8H13N3O3S/c1-5(2)11-7(14)9-10-8(11)15-4-3-6(12)13/h5H,3-4H2,1-2H3,(H,9,14)(H,12,13). The molecular weight excluding hydrogens is 218 g/mol. The molecule has 1 heterocycles. The van der Waals surface area contributed by atoms with E-state index in [-0.39, 0.29) is 18.2 Å². The Morgan fingerprint density at radius 2 is 2.33 bits per heavy atom. The van der Waals surface area contributed by atoms with Crippen molar-refractivity contribution < 1.29 is 9.90 Å². The average Bonchev–Trinajstić information content (AvgIpc) is 2.46. The van der Waals surface area contributed by atoms with Crippen molar-refractivity contribution in [3.8, 4) is 0 Å².